The summed E-state index contributed by atoms with van der Waals surface area (Å²) < 4.78 is 0. The standard InChI is InChI=1S/C16H30N2O4.Li/c1-3-4-5-6-7-9-15(20)17-10-12-18(11-8-13-19)14(2)16(21)22;/h3-4,14,19H,5-13H2,1-2H3,(H,17,20)(H,21,22);/q;+1/p-1/b4-3+;. The predicted molar refractivity (Wildman–Crippen MR) is 86.0 cm³/mol. The normalized spacial score (nSPS) is 13.3. The molecule has 0 rings (SSSR count). The number of carboxylic acid groups (broad SMARTS) is 1. The van der Waals surface area contributed by atoms with E-state index in [2.05, 4.69) is 11.1 Å². The van der Waals surface area contributed by atoms with Crippen LogP contribution in [0.3, 0.4) is 0 Å². The zero-order valence-corrected chi connectivity index (χ0v) is 14.7. The molecule has 0 radical (unpaired) electrons. The number of rotatable bonds is 13. The van der Waals surface area contributed by atoms with Crippen LogP contribution in [0.1, 0.15) is 46.0 Å². The zero-order chi connectivity index (χ0) is 16.8. The van der Waals surface area contributed by atoms with Gasteiger partial charge in [-0.05, 0) is 51.8 Å². The summed E-state index contributed by atoms with van der Waals surface area (Å²) in [5.74, 6) is -1.03. The largest absolute Gasteiger partial charge is 1.00 e. The summed E-state index contributed by atoms with van der Waals surface area (Å²) in [6.45, 7) is 4.79. The number of aliphatic imine (C=N–C) groups is 1. The first-order valence-electron chi connectivity index (χ1n) is 7.92. The summed E-state index contributed by atoms with van der Waals surface area (Å²) in [5, 5.41) is 29.5. The first kappa shape index (κ1) is 24.4. The molecule has 0 heterocycles. The van der Waals surface area contributed by atoms with Crippen LogP contribution < -0.4 is 24.0 Å². The summed E-state index contributed by atoms with van der Waals surface area (Å²) in [4.78, 5) is 16.7. The summed E-state index contributed by atoms with van der Waals surface area (Å²) in [6, 6.07) is -0.641. The molecule has 1 atom stereocenters. The van der Waals surface area contributed by atoms with Crippen molar-refractivity contribution in [1.29, 1.82) is 0 Å². The number of hydrogen-bond donors (Lipinski definition) is 2. The maximum Gasteiger partial charge on any atom is 1.00 e. The molecule has 0 spiro atoms. The van der Waals surface area contributed by atoms with Crippen molar-refractivity contribution in [2.45, 2.75) is 52.0 Å². The van der Waals surface area contributed by atoms with Gasteiger partial charge in [0.2, 0.25) is 0 Å². The summed E-state index contributed by atoms with van der Waals surface area (Å²) >= 11 is 0. The minimum Gasteiger partial charge on any atom is -0.862 e. The summed E-state index contributed by atoms with van der Waals surface area (Å²) in [6.07, 6.45) is 7.81. The number of allylic oxidation sites excluding steroid dienone is 2. The summed E-state index contributed by atoms with van der Waals surface area (Å²) in [7, 11) is 0. The van der Waals surface area contributed by atoms with E-state index >= 15 is 0 Å². The molecule has 0 saturated heterocycles. The Morgan fingerprint density at radius 3 is 2.57 bits per heavy atom. The number of unbranched alkanes of at least 4 members (excludes halogenated alkanes) is 2. The van der Waals surface area contributed by atoms with Gasteiger partial charge in [0, 0.05) is 19.7 Å². The third-order valence-corrected chi connectivity index (χ3v) is 3.43. The topological polar surface area (TPSA) is 96.2 Å². The molecule has 2 N–H and O–H groups in total. The van der Waals surface area contributed by atoms with Gasteiger partial charge in [-0.2, -0.15) is 0 Å². The van der Waals surface area contributed by atoms with Gasteiger partial charge < -0.3 is 20.3 Å². The van der Waals surface area contributed by atoms with E-state index in [0.717, 1.165) is 19.3 Å². The average molecular weight is 320 g/mol. The van der Waals surface area contributed by atoms with Crippen LogP contribution in [0.2, 0.25) is 0 Å². The molecule has 0 saturated carbocycles. The van der Waals surface area contributed by atoms with Gasteiger partial charge >= 0.3 is 24.8 Å². The molecule has 0 aromatic rings. The van der Waals surface area contributed by atoms with E-state index in [1.165, 1.54) is 0 Å². The number of nitrogens with zero attached hydrogens (tertiary/aromatic N) is 2. The van der Waals surface area contributed by atoms with E-state index in [4.69, 9.17) is 10.2 Å². The van der Waals surface area contributed by atoms with Gasteiger partial charge in [-0.15, -0.1) is 0 Å². The molecule has 0 aromatic heterocycles. The smallest absolute Gasteiger partial charge is 0.862 e. The Morgan fingerprint density at radius 2 is 2.00 bits per heavy atom. The molecule has 1 unspecified atom stereocenters. The summed E-state index contributed by atoms with van der Waals surface area (Å²) in [5.41, 5.74) is 0. The Morgan fingerprint density at radius 1 is 1.30 bits per heavy atom. The van der Waals surface area contributed by atoms with Crippen molar-refractivity contribution >= 4 is 11.9 Å². The van der Waals surface area contributed by atoms with Crippen molar-refractivity contribution in [2.75, 3.05) is 26.2 Å². The molecule has 0 fully saturated rings. The van der Waals surface area contributed by atoms with Crippen molar-refractivity contribution in [3.05, 3.63) is 12.2 Å². The molecule has 6 nitrogen and oxygen atoms in total. The number of aliphatic hydroxyl groups is 1. The van der Waals surface area contributed by atoms with E-state index in [-0.39, 0.29) is 31.4 Å². The Kier molecular flexibility index (Phi) is 17.1. The fourth-order valence-electron chi connectivity index (χ4n) is 2.02. The Bertz CT molecular complexity index is 362. The van der Waals surface area contributed by atoms with Gasteiger partial charge in [-0.3, -0.25) is 9.69 Å². The van der Waals surface area contributed by atoms with Crippen molar-refractivity contribution in [3.63, 3.8) is 0 Å². The maximum atomic E-state index is 11.6. The minimum atomic E-state index is -0.909. The van der Waals surface area contributed by atoms with Crippen molar-refractivity contribution in [2.24, 2.45) is 4.99 Å². The first-order chi connectivity index (χ1) is 10.5. The van der Waals surface area contributed by atoms with Gasteiger partial charge in [0.05, 0.1) is 6.54 Å². The molecule has 0 aliphatic heterocycles. The molecule has 0 bridgehead atoms. The second kappa shape index (κ2) is 16.1. The minimum absolute atomic E-state index is 0. The molecular formula is C16H29LiN2O4. The van der Waals surface area contributed by atoms with E-state index < -0.39 is 12.0 Å². The number of hydrogen-bond acceptors (Lipinski definition) is 5. The number of carboxylic acids is 1. The molecular weight excluding hydrogens is 291 g/mol. The van der Waals surface area contributed by atoms with Crippen molar-refractivity contribution < 1.29 is 39.0 Å². The van der Waals surface area contributed by atoms with Crippen LogP contribution in [-0.4, -0.2) is 59.3 Å². The molecule has 0 aromatic carbocycles. The van der Waals surface area contributed by atoms with Gasteiger partial charge in [0.25, 0.3) is 0 Å². The second-order valence-electron chi connectivity index (χ2n) is 5.22. The van der Waals surface area contributed by atoms with E-state index in [9.17, 15) is 9.90 Å². The Balaban J connectivity index is 0. The third-order valence-electron chi connectivity index (χ3n) is 3.43. The van der Waals surface area contributed by atoms with Crippen LogP contribution >= 0.6 is 0 Å². The predicted octanol–water partition coefficient (Wildman–Crippen LogP) is -1.96. The number of carbonyl (C=O) groups is 1. The molecule has 0 aliphatic carbocycles. The van der Waals surface area contributed by atoms with Crippen molar-refractivity contribution in [1.82, 2.24) is 4.90 Å². The zero-order valence-electron chi connectivity index (χ0n) is 14.7. The number of aliphatic carboxylic acids is 1. The van der Waals surface area contributed by atoms with Gasteiger partial charge in [0.1, 0.15) is 6.04 Å². The van der Waals surface area contributed by atoms with Gasteiger partial charge in [-0.25, -0.2) is 0 Å². The van der Waals surface area contributed by atoms with Crippen LogP contribution in [0.5, 0.6) is 0 Å². The van der Waals surface area contributed by atoms with Gasteiger partial charge in [0.15, 0.2) is 0 Å². The fraction of sp³-hybridized carbons (Fsp3) is 0.750. The van der Waals surface area contributed by atoms with Crippen LogP contribution in [0.15, 0.2) is 17.1 Å². The van der Waals surface area contributed by atoms with Crippen LogP contribution in [0.4, 0.5) is 0 Å². The molecule has 128 valence electrons. The van der Waals surface area contributed by atoms with Crippen LogP contribution in [0.25, 0.3) is 0 Å². The van der Waals surface area contributed by atoms with E-state index in [1.54, 1.807) is 11.8 Å². The monoisotopic (exact) mass is 320 g/mol. The molecule has 7 heteroatoms. The quantitative estimate of drug-likeness (QED) is 0.135. The number of aliphatic hydroxyl groups excluding tert-OH is 1. The Hall–Kier alpha value is -0.803. The second-order valence-corrected chi connectivity index (χ2v) is 5.22. The molecule has 23 heavy (non-hydrogen) atoms. The Labute approximate surface area is 151 Å². The van der Waals surface area contributed by atoms with Crippen LogP contribution in [0, 0.1) is 0 Å². The molecule has 0 aliphatic rings. The van der Waals surface area contributed by atoms with E-state index in [1.807, 2.05) is 13.0 Å². The third kappa shape index (κ3) is 13.3. The maximum absolute atomic E-state index is 11.6. The first-order valence-corrected chi connectivity index (χ1v) is 7.92. The van der Waals surface area contributed by atoms with Crippen LogP contribution in [-0.2, 0) is 4.79 Å². The van der Waals surface area contributed by atoms with Gasteiger partial charge in [-0.1, -0.05) is 12.2 Å². The molecule has 0 amide bonds. The van der Waals surface area contributed by atoms with Crippen molar-refractivity contribution in [3.8, 4) is 0 Å². The van der Waals surface area contributed by atoms with E-state index in [0.29, 0.717) is 32.5 Å². The fourth-order valence-corrected chi connectivity index (χ4v) is 2.02. The average Bonchev–Trinajstić information content (AvgIpc) is 2.49. The SMILES string of the molecule is C/C=C/CCCCC([O-])=NCCN(CCCO)C(C)C(=O)O.[Li+].